The Balaban J connectivity index is 1.88. The van der Waals surface area contributed by atoms with Crippen LogP contribution in [0.3, 0.4) is 0 Å². The maximum absolute atomic E-state index is 13.7. The highest BCUT2D eigenvalue weighted by Gasteiger charge is 2.19. The van der Waals surface area contributed by atoms with Crippen molar-refractivity contribution in [1.82, 2.24) is 19.1 Å². The molecule has 0 spiro atoms. The minimum Gasteiger partial charge on any atom is -0.457 e. The van der Waals surface area contributed by atoms with E-state index in [0.717, 1.165) is 12.8 Å². The normalized spacial score (nSPS) is 11.1. The molecule has 2 aromatic heterocycles. The van der Waals surface area contributed by atoms with Crippen LogP contribution in [0.4, 0.5) is 4.39 Å². The number of fused-ring (bicyclic) bond motifs is 1. The number of rotatable bonds is 8. The molecule has 0 aliphatic rings. The summed E-state index contributed by atoms with van der Waals surface area (Å²) in [5, 5.41) is 0. The van der Waals surface area contributed by atoms with Crippen molar-refractivity contribution in [1.29, 1.82) is 0 Å². The summed E-state index contributed by atoms with van der Waals surface area (Å²) in [5.74, 6) is -0.732. The largest absolute Gasteiger partial charge is 0.457 e. The van der Waals surface area contributed by atoms with Gasteiger partial charge in [0, 0.05) is 13.1 Å². The molecule has 29 heavy (non-hydrogen) atoms. The fraction of sp³-hybridized carbons (Fsp3) is 0.400. The molecule has 8 nitrogen and oxygen atoms in total. The van der Waals surface area contributed by atoms with Crippen molar-refractivity contribution in [3.8, 4) is 0 Å². The molecule has 3 rings (SSSR count). The van der Waals surface area contributed by atoms with Gasteiger partial charge in [0.05, 0.1) is 6.42 Å². The molecular formula is C20H23FN4O4. The zero-order valence-electron chi connectivity index (χ0n) is 16.4. The van der Waals surface area contributed by atoms with Gasteiger partial charge in [0.1, 0.15) is 18.2 Å². The fourth-order valence-corrected chi connectivity index (χ4v) is 3.19. The molecule has 3 aromatic rings. The monoisotopic (exact) mass is 402 g/mol. The minimum atomic E-state index is -0.609. The van der Waals surface area contributed by atoms with Crippen LogP contribution in [-0.2, 0) is 35.6 Å². The number of hydrogen-bond donors (Lipinski definition) is 1. The lowest BCUT2D eigenvalue weighted by Crippen LogP contribution is -2.31. The molecule has 0 radical (unpaired) electrons. The van der Waals surface area contributed by atoms with E-state index >= 15 is 0 Å². The van der Waals surface area contributed by atoms with E-state index in [1.54, 1.807) is 16.7 Å². The number of nitrogens with zero attached hydrogens (tertiary/aromatic N) is 3. The van der Waals surface area contributed by atoms with Crippen molar-refractivity contribution < 1.29 is 13.9 Å². The molecule has 0 bridgehead atoms. The summed E-state index contributed by atoms with van der Waals surface area (Å²) in [6.07, 6.45) is 1.43. The van der Waals surface area contributed by atoms with E-state index in [0.29, 0.717) is 18.9 Å². The highest BCUT2D eigenvalue weighted by molar-refractivity contribution is 5.73. The number of unbranched alkanes of at least 4 members (excludes halogenated alkanes) is 1. The Morgan fingerprint density at radius 3 is 2.66 bits per heavy atom. The van der Waals surface area contributed by atoms with Gasteiger partial charge in [0.25, 0.3) is 5.56 Å². The van der Waals surface area contributed by atoms with Crippen LogP contribution in [0.1, 0.15) is 38.1 Å². The van der Waals surface area contributed by atoms with Gasteiger partial charge in [0.15, 0.2) is 11.2 Å². The second-order valence-electron chi connectivity index (χ2n) is 6.64. The number of hydrogen-bond acceptors (Lipinski definition) is 5. The van der Waals surface area contributed by atoms with Crippen LogP contribution in [0.15, 0.2) is 33.9 Å². The van der Waals surface area contributed by atoms with Gasteiger partial charge in [-0.3, -0.25) is 19.1 Å². The molecule has 1 aromatic carbocycles. The highest BCUT2D eigenvalue weighted by Crippen LogP contribution is 2.14. The SMILES string of the molecule is CCCCn1c(=O)[nH]c(=O)c2c1nc(COC(=O)Cc1ccccc1F)n2CC. The van der Waals surface area contributed by atoms with Gasteiger partial charge in [-0.2, -0.15) is 0 Å². The predicted octanol–water partition coefficient (Wildman–Crippen LogP) is 2.13. The number of carbonyl (C=O) groups excluding carboxylic acids is 1. The number of ether oxygens (including phenoxy) is 1. The number of nitrogens with one attached hydrogen (secondary N) is 1. The summed E-state index contributed by atoms with van der Waals surface area (Å²) in [5.41, 5.74) is -0.264. The van der Waals surface area contributed by atoms with Crippen molar-refractivity contribution in [3.63, 3.8) is 0 Å². The first kappa shape index (κ1) is 20.5. The first-order chi connectivity index (χ1) is 14.0. The molecule has 2 heterocycles. The van der Waals surface area contributed by atoms with Crippen molar-refractivity contribution >= 4 is 17.1 Å². The number of aryl methyl sites for hydroxylation is 2. The van der Waals surface area contributed by atoms with E-state index in [2.05, 4.69) is 9.97 Å². The number of H-pyrrole nitrogens is 1. The Morgan fingerprint density at radius 2 is 1.97 bits per heavy atom. The molecule has 0 saturated heterocycles. The smallest absolute Gasteiger partial charge is 0.330 e. The van der Waals surface area contributed by atoms with Crippen molar-refractivity contribution in [3.05, 3.63) is 62.3 Å². The number of aromatic nitrogens is 4. The first-order valence-corrected chi connectivity index (χ1v) is 9.57. The number of carbonyl (C=O) groups is 1. The topological polar surface area (TPSA) is 99.0 Å². The lowest BCUT2D eigenvalue weighted by molar-refractivity contribution is -0.144. The van der Waals surface area contributed by atoms with E-state index in [1.165, 1.54) is 16.7 Å². The maximum Gasteiger partial charge on any atom is 0.330 e. The molecule has 154 valence electrons. The average molecular weight is 402 g/mol. The molecule has 9 heteroatoms. The maximum atomic E-state index is 13.7. The van der Waals surface area contributed by atoms with E-state index in [4.69, 9.17) is 4.74 Å². The van der Waals surface area contributed by atoms with Gasteiger partial charge in [0.2, 0.25) is 0 Å². The van der Waals surface area contributed by atoms with E-state index in [1.807, 2.05) is 13.8 Å². The molecule has 0 fully saturated rings. The average Bonchev–Trinajstić information content (AvgIpc) is 3.07. The fourth-order valence-electron chi connectivity index (χ4n) is 3.19. The molecule has 0 saturated carbocycles. The van der Waals surface area contributed by atoms with Crippen LogP contribution in [0.5, 0.6) is 0 Å². The molecule has 0 aliphatic heterocycles. The Hall–Kier alpha value is -3.23. The first-order valence-electron chi connectivity index (χ1n) is 9.57. The van der Waals surface area contributed by atoms with Gasteiger partial charge >= 0.3 is 11.7 Å². The number of esters is 1. The second-order valence-corrected chi connectivity index (χ2v) is 6.64. The summed E-state index contributed by atoms with van der Waals surface area (Å²) in [7, 11) is 0. The van der Waals surface area contributed by atoms with Crippen LogP contribution in [0, 0.1) is 5.82 Å². The van der Waals surface area contributed by atoms with Crippen molar-refractivity contribution in [2.45, 2.75) is 52.8 Å². The standard InChI is InChI=1S/C20H23FN4O4/c1-3-5-10-25-18-17(19(27)23-20(25)28)24(4-2)15(22-18)12-29-16(26)11-13-8-6-7-9-14(13)21/h6-9H,3-5,10-12H2,1-2H3,(H,23,27,28). The number of imidazole rings is 1. The van der Waals surface area contributed by atoms with Crippen LogP contribution in [0.25, 0.3) is 11.2 Å². The van der Waals surface area contributed by atoms with Gasteiger partial charge < -0.3 is 9.30 Å². The minimum absolute atomic E-state index is 0.183. The Labute approximate surface area is 166 Å². The van der Waals surface area contributed by atoms with Crippen LogP contribution < -0.4 is 11.2 Å². The second kappa shape index (κ2) is 8.85. The third-order valence-electron chi connectivity index (χ3n) is 4.67. The van der Waals surface area contributed by atoms with Crippen LogP contribution >= 0.6 is 0 Å². The summed E-state index contributed by atoms with van der Waals surface area (Å²) in [6, 6.07) is 5.98. The Morgan fingerprint density at radius 1 is 1.21 bits per heavy atom. The number of benzene rings is 1. The van der Waals surface area contributed by atoms with E-state index < -0.39 is 23.0 Å². The molecule has 0 atom stereocenters. The van der Waals surface area contributed by atoms with Gasteiger partial charge in [-0.15, -0.1) is 0 Å². The third-order valence-corrected chi connectivity index (χ3v) is 4.67. The van der Waals surface area contributed by atoms with Gasteiger partial charge in [-0.05, 0) is 25.0 Å². The van der Waals surface area contributed by atoms with E-state index in [-0.39, 0.29) is 29.8 Å². The molecule has 0 unspecified atom stereocenters. The lowest BCUT2D eigenvalue weighted by atomic mass is 10.1. The number of halogens is 1. The summed E-state index contributed by atoms with van der Waals surface area (Å²) < 4.78 is 22.0. The highest BCUT2D eigenvalue weighted by atomic mass is 19.1. The summed E-state index contributed by atoms with van der Waals surface area (Å²) >= 11 is 0. The molecule has 1 N–H and O–H groups in total. The molecular weight excluding hydrogens is 379 g/mol. The Kier molecular flexibility index (Phi) is 6.26. The van der Waals surface area contributed by atoms with Gasteiger partial charge in [-0.1, -0.05) is 31.5 Å². The van der Waals surface area contributed by atoms with Crippen LogP contribution in [-0.4, -0.2) is 25.1 Å². The van der Waals surface area contributed by atoms with Crippen molar-refractivity contribution in [2.75, 3.05) is 0 Å². The van der Waals surface area contributed by atoms with Crippen molar-refractivity contribution in [2.24, 2.45) is 0 Å². The predicted molar refractivity (Wildman–Crippen MR) is 105 cm³/mol. The van der Waals surface area contributed by atoms with Gasteiger partial charge in [-0.25, -0.2) is 14.2 Å². The Bertz CT molecular complexity index is 1150. The van der Waals surface area contributed by atoms with Crippen LogP contribution in [0.2, 0.25) is 0 Å². The zero-order chi connectivity index (χ0) is 21.0. The lowest BCUT2D eigenvalue weighted by Gasteiger charge is -2.07. The molecule has 0 amide bonds. The number of aromatic amines is 1. The third kappa shape index (κ3) is 4.28. The van der Waals surface area contributed by atoms with E-state index in [9.17, 15) is 18.8 Å². The summed E-state index contributed by atoms with van der Waals surface area (Å²) in [4.78, 5) is 43.4. The zero-order valence-corrected chi connectivity index (χ0v) is 16.4. The molecule has 0 aliphatic carbocycles. The quantitative estimate of drug-likeness (QED) is 0.582. The summed E-state index contributed by atoms with van der Waals surface area (Å²) in [6.45, 7) is 4.48.